The molecule has 0 aromatic heterocycles. The molecular formula is C20H33NO2. The molecule has 0 spiro atoms. The number of aliphatic hydroxyl groups is 1. The zero-order chi connectivity index (χ0) is 16.5. The lowest BCUT2D eigenvalue weighted by Crippen LogP contribution is -2.40. The molecule has 0 bridgehead atoms. The van der Waals surface area contributed by atoms with Crippen LogP contribution in [0.4, 0.5) is 0 Å². The van der Waals surface area contributed by atoms with Crippen molar-refractivity contribution in [2.45, 2.75) is 76.2 Å². The minimum atomic E-state index is -0.377. The van der Waals surface area contributed by atoms with Gasteiger partial charge in [-0.25, -0.2) is 0 Å². The Morgan fingerprint density at radius 1 is 1.13 bits per heavy atom. The molecule has 2 rings (SSSR count). The fraction of sp³-hybridized carbons (Fsp3) is 0.700. The van der Waals surface area contributed by atoms with Gasteiger partial charge < -0.3 is 15.6 Å². The van der Waals surface area contributed by atoms with Crippen molar-refractivity contribution in [3.63, 3.8) is 0 Å². The monoisotopic (exact) mass is 319 g/mol. The zero-order valence-electron chi connectivity index (χ0n) is 14.6. The first-order valence-electron chi connectivity index (χ1n) is 9.29. The van der Waals surface area contributed by atoms with Crippen LogP contribution in [0.15, 0.2) is 24.3 Å². The summed E-state index contributed by atoms with van der Waals surface area (Å²) >= 11 is 0. The van der Waals surface area contributed by atoms with Crippen molar-refractivity contribution < 1.29 is 9.84 Å². The minimum absolute atomic E-state index is 0.0863. The lowest BCUT2D eigenvalue weighted by molar-refractivity contribution is 0.198. The molecule has 0 amide bonds. The number of nitrogens with two attached hydrogens (primary N) is 1. The largest absolute Gasteiger partial charge is 0.494 e. The molecule has 23 heavy (non-hydrogen) atoms. The lowest BCUT2D eigenvalue weighted by atomic mass is 9.94. The summed E-state index contributed by atoms with van der Waals surface area (Å²) in [5, 5.41) is 9.38. The summed E-state index contributed by atoms with van der Waals surface area (Å²) in [5.74, 6) is 1.43. The van der Waals surface area contributed by atoms with E-state index in [1.54, 1.807) is 0 Å². The topological polar surface area (TPSA) is 55.5 Å². The Morgan fingerprint density at radius 3 is 2.48 bits per heavy atom. The van der Waals surface area contributed by atoms with Crippen molar-refractivity contribution >= 4 is 0 Å². The third-order valence-corrected chi connectivity index (χ3v) is 5.08. The van der Waals surface area contributed by atoms with E-state index in [2.05, 4.69) is 31.2 Å². The van der Waals surface area contributed by atoms with Crippen LogP contribution in [0, 0.1) is 0 Å². The van der Waals surface area contributed by atoms with Gasteiger partial charge in [-0.2, -0.15) is 0 Å². The van der Waals surface area contributed by atoms with Gasteiger partial charge in [-0.05, 0) is 49.3 Å². The fourth-order valence-corrected chi connectivity index (χ4v) is 3.49. The molecule has 2 atom stereocenters. The molecule has 1 aliphatic rings. The summed E-state index contributed by atoms with van der Waals surface area (Å²) in [7, 11) is 0. The number of hydrogen-bond acceptors (Lipinski definition) is 3. The predicted octanol–water partition coefficient (Wildman–Crippen LogP) is 4.38. The number of unbranched alkanes of at least 4 members (excludes halogenated alkanes) is 5. The van der Waals surface area contributed by atoms with E-state index in [0.717, 1.165) is 38.0 Å². The van der Waals surface area contributed by atoms with E-state index in [4.69, 9.17) is 10.5 Å². The Labute approximate surface area is 141 Å². The second-order valence-corrected chi connectivity index (χ2v) is 7.15. The van der Waals surface area contributed by atoms with Crippen LogP contribution in [0.5, 0.6) is 5.75 Å². The molecule has 1 saturated carbocycles. The van der Waals surface area contributed by atoms with Gasteiger partial charge in [0.15, 0.2) is 0 Å². The second-order valence-electron chi connectivity index (χ2n) is 7.15. The van der Waals surface area contributed by atoms with Crippen LogP contribution in [-0.4, -0.2) is 23.9 Å². The van der Waals surface area contributed by atoms with Gasteiger partial charge in [-0.15, -0.1) is 0 Å². The highest BCUT2D eigenvalue weighted by Gasteiger charge is 2.35. The molecule has 0 saturated heterocycles. The molecule has 0 heterocycles. The average Bonchev–Trinajstić information content (AvgIpc) is 2.98. The first-order chi connectivity index (χ1) is 11.2. The second kappa shape index (κ2) is 9.29. The first kappa shape index (κ1) is 18.3. The summed E-state index contributed by atoms with van der Waals surface area (Å²) in [4.78, 5) is 0. The highest BCUT2D eigenvalue weighted by Crippen LogP contribution is 2.39. The van der Waals surface area contributed by atoms with Gasteiger partial charge in [-0.3, -0.25) is 0 Å². The van der Waals surface area contributed by atoms with E-state index in [-0.39, 0.29) is 12.1 Å². The molecule has 3 nitrogen and oxygen atoms in total. The maximum Gasteiger partial charge on any atom is 0.119 e. The Kier molecular flexibility index (Phi) is 7.38. The summed E-state index contributed by atoms with van der Waals surface area (Å²) < 4.78 is 5.83. The van der Waals surface area contributed by atoms with Gasteiger partial charge in [0.2, 0.25) is 0 Å². The molecule has 3 heteroatoms. The SMILES string of the molecule is CCCCCCCCOc1ccc([C@@H]2CC[C@](N)(CO)C2)cc1. The fourth-order valence-electron chi connectivity index (χ4n) is 3.49. The number of hydrogen-bond donors (Lipinski definition) is 2. The van der Waals surface area contributed by atoms with Crippen LogP contribution in [0.1, 0.15) is 76.2 Å². The molecule has 1 aromatic rings. The minimum Gasteiger partial charge on any atom is -0.494 e. The Hall–Kier alpha value is -1.06. The molecule has 130 valence electrons. The van der Waals surface area contributed by atoms with Crippen LogP contribution in [-0.2, 0) is 0 Å². The van der Waals surface area contributed by atoms with Crippen molar-refractivity contribution in [2.24, 2.45) is 5.73 Å². The number of benzene rings is 1. The Morgan fingerprint density at radius 2 is 1.83 bits per heavy atom. The third kappa shape index (κ3) is 5.82. The maximum absolute atomic E-state index is 9.38. The third-order valence-electron chi connectivity index (χ3n) is 5.08. The molecule has 1 fully saturated rings. The number of ether oxygens (including phenoxy) is 1. The Balaban J connectivity index is 1.69. The summed E-state index contributed by atoms with van der Waals surface area (Å²) in [6, 6.07) is 8.46. The van der Waals surface area contributed by atoms with Crippen molar-refractivity contribution in [3.05, 3.63) is 29.8 Å². The van der Waals surface area contributed by atoms with E-state index < -0.39 is 0 Å². The van der Waals surface area contributed by atoms with Crippen LogP contribution in [0.3, 0.4) is 0 Å². The predicted molar refractivity (Wildman–Crippen MR) is 95.9 cm³/mol. The van der Waals surface area contributed by atoms with Crippen LogP contribution < -0.4 is 10.5 Å². The summed E-state index contributed by atoms with van der Waals surface area (Å²) in [6.07, 6.45) is 10.6. The summed E-state index contributed by atoms with van der Waals surface area (Å²) in [5.41, 5.74) is 7.11. The van der Waals surface area contributed by atoms with Crippen molar-refractivity contribution in [2.75, 3.05) is 13.2 Å². The van der Waals surface area contributed by atoms with Crippen LogP contribution >= 0.6 is 0 Å². The highest BCUT2D eigenvalue weighted by atomic mass is 16.5. The molecule has 0 unspecified atom stereocenters. The highest BCUT2D eigenvalue weighted by molar-refractivity contribution is 5.30. The normalized spacial score (nSPS) is 24.0. The van der Waals surface area contributed by atoms with Gasteiger partial charge in [0.05, 0.1) is 13.2 Å². The van der Waals surface area contributed by atoms with Gasteiger partial charge in [0.1, 0.15) is 5.75 Å². The van der Waals surface area contributed by atoms with Crippen molar-refractivity contribution in [3.8, 4) is 5.75 Å². The van der Waals surface area contributed by atoms with Gasteiger partial charge in [0.25, 0.3) is 0 Å². The van der Waals surface area contributed by atoms with E-state index >= 15 is 0 Å². The first-order valence-corrected chi connectivity index (χ1v) is 9.29. The van der Waals surface area contributed by atoms with Crippen molar-refractivity contribution in [1.82, 2.24) is 0 Å². The molecular weight excluding hydrogens is 286 g/mol. The van der Waals surface area contributed by atoms with Gasteiger partial charge in [-0.1, -0.05) is 51.2 Å². The van der Waals surface area contributed by atoms with E-state index in [0.29, 0.717) is 5.92 Å². The molecule has 0 radical (unpaired) electrons. The van der Waals surface area contributed by atoms with E-state index in [1.807, 2.05) is 0 Å². The van der Waals surface area contributed by atoms with E-state index in [1.165, 1.54) is 37.7 Å². The average molecular weight is 319 g/mol. The van der Waals surface area contributed by atoms with Crippen LogP contribution in [0.25, 0.3) is 0 Å². The Bertz CT molecular complexity index is 445. The quantitative estimate of drug-likeness (QED) is 0.629. The van der Waals surface area contributed by atoms with Gasteiger partial charge in [0, 0.05) is 5.54 Å². The number of aliphatic hydroxyl groups excluding tert-OH is 1. The van der Waals surface area contributed by atoms with Crippen LogP contribution in [0.2, 0.25) is 0 Å². The molecule has 1 aliphatic carbocycles. The molecule has 1 aromatic carbocycles. The standard InChI is InChI=1S/C20H33NO2/c1-2-3-4-5-6-7-14-23-19-10-8-17(9-11-19)18-12-13-20(21,15-18)16-22/h8-11,18,22H,2-7,12-16,21H2,1H3/t18-,20-/m1/s1. The number of rotatable bonds is 10. The molecule has 3 N–H and O–H groups in total. The lowest BCUT2D eigenvalue weighted by Gasteiger charge is -2.21. The van der Waals surface area contributed by atoms with E-state index in [9.17, 15) is 5.11 Å². The summed E-state index contributed by atoms with van der Waals surface area (Å²) in [6.45, 7) is 3.14. The smallest absolute Gasteiger partial charge is 0.119 e. The zero-order valence-corrected chi connectivity index (χ0v) is 14.6. The molecule has 0 aliphatic heterocycles. The van der Waals surface area contributed by atoms with Gasteiger partial charge >= 0.3 is 0 Å². The maximum atomic E-state index is 9.38. The van der Waals surface area contributed by atoms with Crippen molar-refractivity contribution in [1.29, 1.82) is 0 Å².